The summed E-state index contributed by atoms with van der Waals surface area (Å²) >= 11 is 5.22. The first-order chi connectivity index (χ1) is 6.74. The normalized spacial score (nSPS) is 12.1. The summed E-state index contributed by atoms with van der Waals surface area (Å²) in [6.07, 6.45) is -1.30. The van der Waals surface area contributed by atoms with E-state index in [0.717, 1.165) is 0 Å². The van der Waals surface area contributed by atoms with Crippen LogP contribution in [0.4, 0.5) is 4.39 Å². The van der Waals surface area contributed by atoms with Crippen LogP contribution in [0.3, 0.4) is 0 Å². The summed E-state index contributed by atoms with van der Waals surface area (Å²) in [6.45, 7) is -0.294. The van der Waals surface area contributed by atoms with E-state index in [1.54, 1.807) is 30.3 Å². The zero-order valence-corrected chi connectivity index (χ0v) is 8.21. The van der Waals surface area contributed by atoms with Crippen molar-refractivity contribution in [2.24, 2.45) is 0 Å². The molecule has 76 valence electrons. The van der Waals surface area contributed by atoms with Gasteiger partial charge in [0.25, 0.3) is 0 Å². The highest BCUT2D eigenvalue weighted by molar-refractivity contribution is 6.18. The topological polar surface area (TPSA) is 26.3 Å². The van der Waals surface area contributed by atoms with E-state index >= 15 is 0 Å². The van der Waals surface area contributed by atoms with E-state index in [-0.39, 0.29) is 12.5 Å². The predicted molar refractivity (Wildman–Crippen MR) is 52.3 cm³/mol. The van der Waals surface area contributed by atoms with Crippen LogP contribution in [-0.4, -0.2) is 24.6 Å². The van der Waals surface area contributed by atoms with Crippen molar-refractivity contribution in [3.8, 4) is 0 Å². The smallest absolute Gasteiger partial charge is 0.338 e. The summed E-state index contributed by atoms with van der Waals surface area (Å²) in [5.74, 6) is -0.694. The van der Waals surface area contributed by atoms with Gasteiger partial charge in [0.15, 0.2) is 0 Å². The number of rotatable bonds is 4. The first-order valence-electron chi connectivity index (χ1n) is 4.16. The summed E-state index contributed by atoms with van der Waals surface area (Å²) < 4.78 is 17.3. The van der Waals surface area contributed by atoms with Crippen LogP contribution in [-0.2, 0) is 4.74 Å². The number of esters is 1. The minimum absolute atomic E-state index is 0.165. The van der Waals surface area contributed by atoms with E-state index < -0.39 is 12.1 Å². The number of hydrogen-bond acceptors (Lipinski definition) is 2. The third kappa shape index (κ3) is 3.34. The van der Waals surface area contributed by atoms with E-state index in [4.69, 9.17) is 11.6 Å². The molecule has 0 saturated heterocycles. The van der Waals surface area contributed by atoms with Crippen molar-refractivity contribution in [3.05, 3.63) is 35.9 Å². The molecule has 0 heterocycles. The monoisotopic (exact) mass is 216 g/mol. The largest absolute Gasteiger partial charge is 0.459 e. The first kappa shape index (κ1) is 11.0. The summed E-state index contributed by atoms with van der Waals surface area (Å²) in [4.78, 5) is 11.2. The van der Waals surface area contributed by atoms with Crippen LogP contribution in [0.5, 0.6) is 0 Å². The number of halogens is 2. The van der Waals surface area contributed by atoms with Gasteiger partial charge in [-0.3, -0.25) is 0 Å². The Kier molecular flexibility index (Phi) is 4.40. The van der Waals surface area contributed by atoms with Gasteiger partial charge < -0.3 is 4.74 Å². The third-order valence-electron chi connectivity index (χ3n) is 1.57. The minimum Gasteiger partial charge on any atom is -0.459 e. The van der Waals surface area contributed by atoms with Crippen molar-refractivity contribution in [2.45, 2.75) is 6.17 Å². The van der Waals surface area contributed by atoms with Gasteiger partial charge in [0.05, 0.1) is 11.4 Å². The van der Waals surface area contributed by atoms with Gasteiger partial charge in [-0.05, 0) is 12.1 Å². The minimum atomic E-state index is -1.30. The van der Waals surface area contributed by atoms with Gasteiger partial charge in [0.2, 0.25) is 0 Å². The standard InChI is InChI=1S/C10H10ClFO2/c11-6-9(12)7-14-10(13)8-4-2-1-3-5-8/h1-5,9H,6-7H2. The van der Waals surface area contributed by atoms with E-state index in [9.17, 15) is 9.18 Å². The average molecular weight is 217 g/mol. The second-order valence-electron chi connectivity index (χ2n) is 2.72. The highest BCUT2D eigenvalue weighted by Crippen LogP contribution is 2.03. The Balaban J connectivity index is 2.44. The third-order valence-corrected chi connectivity index (χ3v) is 1.91. The molecule has 1 atom stereocenters. The molecule has 2 nitrogen and oxygen atoms in total. The van der Waals surface area contributed by atoms with Crippen molar-refractivity contribution >= 4 is 17.6 Å². The van der Waals surface area contributed by atoms with Crippen molar-refractivity contribution in [2.75, 3.05) is 12.5 Å². The summed E-state index contributed by atoms with van der Waals surface area (Å²) in [5.41, 5.74) is 0.411. The summed E-state index contributed by atoms with van der Waals surface area (Å²) in [6, 6.07) is 8.43. The second kappa shape index (κ2) is 5.60. The maximum Gasteiger partial charge on any atom is 0.338 e. The first-order valence-corrected chi connectivity index (χ1v) is 4.69. The molecule has 0 aromatic heterocycles. The van der Waals surface area contributed by atoms with Crippen LogP contribution >= 0.6 is 11.6 Å². The molecule has 1 rings (SSSR count). The van der Waals surface area contributed by atoms with Gasteiger partial charge >= 0.3 is 5.97 Å². The molecule has 0 N–H and O–H groups in total. The molecule has 1 aromatic rings. The van der Waals surface area contributed by atoms with Gasteiger partial charge in [0.1, 0.15) is 12.8 Å². The van der Waals surface area contributed by atoms with Gasteiger partial charge in [-0.25, -0.2) is 9.18 Å². The van der Waals surface area contributed by atoms with Crippen LogP contribution in [0, 0.1) is 0 Å². The van der Waals surface area contributed by atoms with Crippen molar-refractivity contribution in [3.63, 3.8) is 0 Å². The van der Waals surface area contributed by atoms with E-state index in [1.807, 2.05) is 0 Å². The fourth-order valence-electron chi connectivity index (χ4n) is 0.868. The van der Waals surface area contributed by atoms with E-state index in [0.29, 0.717) is 5.56 Å². The molecule has 0 spiro atoms. The Morgan fingerprint density at radius 1 is 1.43 bits per heavy atom. The zero-order chi connectivity index (χ0) is 10.4. The molecular weight excluding hydrogens is 207 g/mol. The predicted octanol–water partition coefficient (Wildman–Crippen LogP) is 2.42. The molecule has 1 unspecified atom stereocenters. The Hall–Kier alpha value is -1.09. The highest BCUT2D eigenvalue weighted by Gasteiger charge is 2.10. The summed E-state index contributed by atoms with van der Waals surface area (Å²) in [5, 5.41) is 0. The number of alkyl halides is 2. The maximum atomic E-state index is 12.6. The number of benzene rings is 1. The van der Waals surface area contributed by atoms with Crippen LogP contribution in [0.25, 0.3) is 0 Å². The molecule has 0 saturated carbocycles. The second-order valence-corrected chi connectivity index (χ2v) is 3.02. The van der Waals surface area contributed by atoms with Gasteiger partial charge in [0, 0.05) is 0 Å². The number of carbonyl (C=O) groups is 1. The van der Waals surface area contributed by atoms with Gasteiger partial charge in [-0.15, -0.1) is 11.6 Å². The molecule has 1 aromatic carbocycles. The lowest BCUT2D eigenvalue weighted by molar-refractivity contribution is 0.0419. The molecule has 0 bridgehead atoms. The fourth-order valence-corrected chi connectivity index (χ4v) is 0.957. The van der Waals surface area contributed by atoms with Gasteiger partial charge in [-0.2, -0.15) is 0 Å². The highest BCUT2D eigenvalue weighted by atomic mass is 35.5. The molecule has 14 heavy (non-hydrogen) atoms. The molecule has 0 radical (unpaired) electrons. The zero-order valence-electron chi connectivity index (χ0n) is 7.45. The molecule has 0 amide bonds. The SMILES string of the molecule is O=C(OCC(F)CCl)c1ccccc1. The lowest BCUT2D eigenvalue weighted by Crippen LogP contribution is -2.16. The Morgan fingerprint density at radius 3 is 2.64 bits per heavy atom. The van der Waals surface area contributed by atoms with Crippen LogP contribution in [0.15, 0.2) is 30.3 Å². The number of hydrogen-bond donors (Lipinski definition) is 0. The Morgan fingerprint density at radius 2 is 2.07 bits per heavy atom. The lowest BCUT2D eigenvalue weighted by atomic mass is 10.2. The van der Waals surface area contributed by atoms with E-state index in [2.05, 4.69) is 4.74 Å². The fraction of sp³-hybridized carbons (Fsp3) is 0.300. The molecule has 0 aliphatic carbocycles. The Labute approximate surface area is 86.6 Å². The molecule has 0 aliphatic heterocycles. The van der Waals surface area contributed by atoms with Crippen LogP contribution in [0.2, 0.25) is 0 Å². The Bertz CT molecular complexity index is 289. The number of carbonyl (C=O) groups excluding carboxylic acids is 1. The average Bonchev–Trinajstić information content (AvgIpc) is 2.26. The van der Waals surface area contributed by atoms with Gasteiger partial charge in [-0.1, -0.05) is 18.2 Å². The quantitative estimate of drug-likeness (QED) is 0.571. The van der Waals surface area contributed by atoms with Crippen LogP contribution in [0.1, 0.15) is 10.4 Å². The summed E-state index contributed by atoms with van der Waals surface area (Å²) in [7, 11) is 0. The van der Waals surface area contributed by atoms with Crippen LogP contribution < -0.4 is 0 Å². The number of ether oxygens (including phenoxy) is 1. The van der Waals surface area contributed by atoms with Crippen molar-refractivity contribution in [1.82, 2.24) is 0 Å². The lowest BCUT2D eigenvalue weighted by Gasteiger charge is -2.05. The molecule has 0 fully saturated rings. The van der Waals surface area contributed by atoms with Crippen molar-refractivity contribution in [1.29, 1.82) is 0 Å². The maximum absolute atomic E-state index is 12.6. The molecular formula is C10H10ClFO2. The molecule has 4 heteroatoms. The van der Waals surface area contributed by atoms with E-state index in [1.165, 1.54) is 0 Å². The molecule has 0 aliphatic rings. The van der Waals surface area contributed by atoms with Crippen molar-refractivity contribution < 1.29 is 13.9 Å².